The second-order valence-electron chi connectivity index (χ2n) is 5.87. The number of hydrogen-bond acceptors (Lipinski definition) is 7. The molecule has 0 aliphatic rings. The van der Waals surface area contributed by atoms with Crippen molar-refractivity contribution < 1.29 is 31.9 Å². The van der Waals surface area contributed by atoms with Crippen molar-refractivity contribution >= 4 is 23.4 Å². The Morgan fingerprint density at radius 1 is 1.07 bits per heavy atom. The summed E-state index contributed by atoms with van der Waals surface area (Å²) in [6, 6.07) is 12.6. The maximum atomic E-state index is 12.1. The highest BCUT2D eigenvalue weighted by molar-refractivity contribution is 7.99. The number of amides is 1. The van der Waals surface area contributed by atoms with Crippen LogP contribution in [0.1, 0.15) is 0 Å². The summed E-state index contributed by atoms with van der Waals surface area (Å²) in [6.07, 6.45) is -4.41. The fourth-order valence-electron chi connectivity index (χ4n) is 2.24. The van der Waals surface area contributed by atoms with Gasteiger partial charge >= 0.3 is 6.18 Å². The fourth-order valence-corrected chi connectivity index (χ4v) is 2.81. The minimum absolute atomic E-state index is 0.0105. The van der Waals surface area contributed by atoms with Crippen molar-refractivity contribution in [2.75, 3.05) is 24.8 Å². The van der Waals surface area contributed by atoms with Gasteiger partial charge in [0.1, 0.15) is 11.5 Å². The van der Waals surface area contributed by atoms with Crippen molar-refractivity contribution in [3.8, 4) is 23.0 Å². The summed E-state index contributed by atoms with van der Waals surface area (Å²) in [4.78, 5) is 12.1. The first kappa shape index (κ1) is 21.5. The third-order valence-electron chi connectivity index (χ3n) is 3.61. The van der Waals surface area contributed by atoms with Gasteiger partial charge in [-0.2, -0.15) is 13.2 Å². The third-order valence-corrected chi connectivity index (χ3v) is 4.43. The number of ether oxygens (including phenoxy) is 2. The van der Waals surface area contributed by atoms with Crippen molar-refractivity contribution in [3.05, 3.63) is 48.5 Å². The summed E-state index contributed by atoms with van der Waals surface area (Å²) >= 11 is 1.06. The number of hydrogen-bond donors (Lipinski definition) is 1. The second-order valence-corrected chi connectivity index (χ2v) is 6.79. The van der Waals surface area contributed by atoms with E-state index in [9.17, 15) is 18.0 Å². The van der Waals surface area contributed by atoms with E-state index in [2.05, 4.69) is 20.3 Å². The van der Waals surface area contributed by atoms with Gasteiger partial charge < -0.3 is 19.2 Å². The van der Waals surface area contributed by atoms with Gasteiger partial charge in [0.2, 0.25) is 11.8 Å². The summed E-state index contributed by atoms with van der Waals surface area (Å²) in [5.74, 6) is 0.737. The molecule has 0 saturated heterocycles. The van der Waals surface area contributed by atoms with Crippen molar-refractivity contribution in [2.45, 2.75) is 11.4 Å². The number of halogens is 3. The number of nitrogens with one attached hydrogen (secondary N) is 1. The van der Waals surface area contributed by atoms with Crippen LogP contribution in [0.3, 0.4) is 0 Å². The second kappa shape index (κ2) is 9.53. The number of methoxy groups -OCH3 is 1. The molecule has 0 unspecified atom stereocenters. The lowest BCUT2D eigenvalue weighted by Gasteiger charge is -2.10. The van der Waals surface area contributed by atoms with Gasteiger partial charge in [-0.3, -0.25) is 4.79 Å². The number of carbonyl (C=O) groups is 1. The predicted molar refractivity (Wildman–Crippen MR) is 104 cm³/mol. The highest BCUT2D eigenvalue weighted by atomic mass is 32.2. The zero-order valence-corrected chi connectivity index (χ0v) is 16.4. The zero-order valence-electron chi connectivity index (χ0n) is 15.6. The van der Waals surface area contributed by atoms with Gasteiger partial charge in [-0.1, -0.05) is 11.8 Å². The lowest BCUT2D eigenvalue weighted by atomic mass is 10.2. The first-order chi connectivity index (χ1) is 14.3. The van der Waals surface area contributed by atoms with Crippen LogP contribution in [0, 0.1) is 0 Å². The molecule has 0 atom stereocenters. The van der Waals surface area contributed by atoms with Crippen LogP contribution in [-0.4, -0.2) is 41.8 Å². The van der Waals surface area contributed by atoms with Crippen molar-refractivity contribution in [2.24, 2.45) is 0 Å². The van der Waals surface area contributed by atoms with E-state index in [-0.39, 0.29) is 22.6 Å². The molecule has 0 saturated carbocycles. The first-order valence-corrected chi connectivity index (χ1v) is 9.51. The number of alkyl halides is 3. The Labute approximate surface area is 173 Å². The Morgan fingerprint density at radius 3 is 2.37 bits per heavy atom. The molecule has 158 valence electrons. The molecule has 11 heteroatoms. The number of nitrogens with zero attached hydrogens (tertiary/aromatic N) is 2. The summed E-state index contributed by atoms with van der Waals surface area (Å²) < 4.78 is 51.6. The van der Waals surface area contributed by atoms with E-state index in [0.717, 1.165) is 11.8 Å². The molecule has 1 N–H and O–H groups in total. The quantitative estimate of drug-likeness (QED) is 0.520. The van der Waals surface area contributed by atoms with Crippen LogP contribution >= 0.6 is 11.8 Å². The van der Waals surface area contributed by atoms with Crippen LogP contribution in [0.5, 0.6) is 11.5 Å². The Balaban J connectivity index is 1.48. The maximum absolute atomic E-state index is 12.1. The molecular formula is C19H16F3N3O4S. The van der Waals surface area contributed by atoms with E-state index in [1.807, 2.05) is 0 Å². The Kier molecular flexibility index (Phi) is 6.83. The monoisotopic (exact) mass is 439 g/mol. The average Bonchev–Trinajstić information content (AvgIpc) is 3.20. The van der Waals surface area contributed by atoms with Gasteiger partial charge in [0, 0.05) is 11.3 Å². The fraction of sp³-hybridized carbons (Fsp3) is 0.211. The lowest BCUT2D eigenvalue weighted by Crippen LogP contribution is -2.19. The van der Waals surface area contributed by atoms with Crippen LogP contribution < -0.4 is 14.8 Å². The number of benzene rings is 2. The smallest absolute Gasteiger partial charge is 0.422 e. The molecule has 7 nitrogen and oxygen atoms in total. The SMILES string of the molecule is COc1ccc(-c2nnc(SCC(=O)Nc3ccc(OCC(F)(F)F)cc3)o2)cc1. The molecule has 0 aliphatic carbocycles. The molecule has 0 aliphatic heterocycles. The van der Waals surface area contributed by atoms with Gasteiger partial charge in [-0.25, -0.2) is 0 Å². The number of thioether (sulfide) groups is 1. The van der Waals surface area contributed by atoms with Crippen molar-refractivity contribution in [3.63, 3.8) is 0 Å². The highest BCUT2D eigenvalue weighted by Crippen LogP contribution is 2.25. The first-order valence-electron chi connectivity index (χ1n) is 8.52. The molecule has 0 radical (unpaired) electrons. The van der Waals surface area contributed by atoms with Crippen LogP contribution in [0.25, 0.3) is 11.5 Å². The van der Waals surface area contributed by atoms with E-state index in [4.69, 9.17) is 9.15 Å². The van der Waals surface area contributed by atoms with Gasteiger partial charge in [0.05, 0.1) is 12.9 Å². The molecule has 1 heterocycles. The van der Waals surface area contributed by atoms with E-state index >= 15 is 0 Å². The number of anilines is 1. The van der Waals surface area contributed by atoms with Gasteiger partial charge in [0.25, 0.3) is 5.22 Å². The highest BCUT2D eigenvalue weighted by Gasteiger charge is 2.28. The Morgan fingerprint density at radius 2 is 1.73 bits per heavy atom. The summed E-state index contributed by atoms with van der Waals surface area (Å²) in [7, 11) is 1.57. The largest absolute Gasteiger partial charge is 0.497 e. The number of aromatic nitrogens is 2. The molecule has 1 aromatic heterocycles. The summed E-state index contributed by atoms with van der Waals surface area (Å²) in [6.45, 7) is -1.38. The molecule has 2 aromatic carbocycles. The van der Waals surface area contributed by atoms with Gasteiger partial charge in [0.15, 0.2) is 6.61 Å². The van der Waals surface area contributed by atoms with Crippen LogP contribution in [0.15, 0.2) is 58.2 Å². The molecule has 3 aromatic rings. The molecule has 3 rings (SSSR count). The number of rotatable bonds is 8. The van der Waals surface area contributed by atoms with E-state index < -0.39 is 12.8 Å². The standard InChI is InChI=1S/C19H16F3N3O4S/c1-27-14-6-2-12(3-7-14)17-24-25-18(29-17)30-10-16(26)23-13-4-8-15(9-5-13)28-11-19(20,21)22/h2-9H,10-11H2,1H3,(H,23,26). The lowest BCUT2D eigenvalue weighted by molar-refractivity contribution is -0.153. The molecule has 1 amide bonds. The zero-order chi connectivity index (χ0) is 21.6. The van der Waals surface area contributed by atoms with Crippen molar-refractivity contribution in [1.82, 2.24) is 10.2 Å². The summed E-state index contributed by atoms with van der Waals surface area (Å²) in [5.41, 5.74) is 1.14. The Hall–Kier alpha value is -3.21. The predicted octanol–water partition coefficient (Wildman–Crippen LogP) is 4.42. The Bertz CT molecular complexity index is 976. The van der Waals surface area contributed by atoms with E-state index in [1.54, 1.807) is 31.4 Å². The van der Waals surface area contributed by atoms with Crippen LogP contribution in [0.2, 0.25) is 0 Å². The van der Waals surface area contributed by atoms with Crippen LogP contribution in [0.4, 0.5) is 18.9 Å². The normalized spacial score (nSPS) is 11.2. The maximum Gasteiger partial charge on any atom is 0.422 e. The molecule has 0 spiro atoms. The minimum Gasteiger partial charge on any atom is -0.497 e. The third kappa shape index (κ3) is 6.41. The molecule has 30 heavy (non-hydrogen) atoms. The van der Waals surface area contributed by atoms with E-state index in [0.29, 0.717) is 22.9 Å². The molecule has 0 fully saturated rings. The van der Waals surface area contributed by atoms with Crippen LogP contribution in [-0.2, 0) is 4.79 Å². The summed E-state index contributed by atoms with van der Waals surface area (Å²) in [5, 5.41) is 10.7. The van der Waals surface area contributed by atoms with Crippen molar-refractivity contribution in [1.29, 1.82) is 0 Å². The van der Waals surface area contributed by atoms with Gasteiger partial charge in [-0.15, -0.1) is 10.2 Å². The average molecular weight is 439 g/mol. The topological polar surface area (TPSA) is 86.5 Å². The molecular weight excluding hydrogens is 423 g/mol. The van der Waals surface area contributed by atoms with Gasteiger partial charge in [-0.05, 0) is 48.5 Å². The minimum atomic E-state index is -4.41. The van der Waals surface area contributed by atoms with E-state index in [1.165, 1.54) is 24.3 Å². The molecule has 0 bridgehead atoms. The number of carbonyl (C=O) groups excluding carboxylic acids is 1.